The highest BCUT2D eigenvalue weighted by Crippen LogP contribution is 2.31. The lowest BCUT2D eigenvalue weighted by Crippen LogP contribution is -1.88. The lowest BCUT2D eigenvalue weighted by molar-refractivity contribution is 1.12. The number of H-pyrrole nitrogens is 1. The smallest absolute Gasteiger partial charge is 0.153 e. The molecular weight excluding hydrogens is 248 g/mol. The fourth-order valence-electron chi connectivity index (χ4n) is 2.57. The van der Waals surface area contributed by atoms with Crippen LogP contribution in [0.4, 0.5) is 5.82 Å². The maximum atomic E-state index is 5.96. The molecule has 0 aliphatic carbocycles. The third-order valence-electron chi connectivity index (χ3n) is 3.56. The largest absolute Gasteiger partial charge is 0.382 e. The van der Waals surface area contributed by atoms with Gasteiger partial charge >= 0.3 is 0 Å². The minimum Gasteiger partial charge on any atom is -0.382 e. The molecule has 0 unspecified atom stereocenters. The van der Waals surface area contributed by atoms with Crippen LogP contribution >= 0.6 is 0 Å². The number of aromatic amines is 1. The van der Waals surface area contributed by atoms with Gasteiger partial charge in [0.15, 0.2) is 5.82 Å². The van der Waals surface area contributed by atoms with Gasteiger partial charge in [-0.1, -0.05) is 36.4 Å². The highest BCUT2D eigenvalue weighted by Gasteiger charge is 2.10. The van der Waals surface area contributed by atoms with Crippen LogP contribution in [-0.2, 0) is 0 Å². The number of hydrogen-bond donors (Lipinski definition) is 2. The summed E-state index contributed by atoms with van der Waals surface area (Å²) in [5, 5.41) is 10.3. The number of rotatable bonds is 1. The van der Waals surface area contributed by atoms with E-state index >= 15 is 0 Å². The summed E-state index contributed by atoms with van der Waals surface area (Å²) >= 11 is 0. The van der Waals surface area contributed by atoms with Crippen molar-refractivity contribution in [1.29, 1.82) is 0 Å². The summed E-state index contributed by atoms with van der Waals surface area (Å²) in [7, 11) is 0. The number of pyridine rings is 1. The molecule has 3 N–H and O–H groups in total. The predicted molar refractivity (Wildman–Crippen MR) is 81.2 cm³/mol. The molecule has 0 spiro atoms. The number of benzene rings is 2. The molecule has 0 amide bonds. The van der Waals surface area contributed by atoms with Crippen LogP contribution in [0, 0.1) is 0 Å². The number of nitrogens with two attached hydrogens (primary N) is 1. The van der Waals surface area contributed by atoms with Gasteiger partial charge in [-0.3, -0.25) is 10.1 Å². The molecule has 0 saturated heterocycles. The molecule has 4 rings (SSSR count). The zero-order valence-electron chi connectivity index (χ0n) is 10.7. The first-order valence-electron chi connectivity index (χ1n) is 6.40. The quantitative estimate of drug-likeness (QED) is 0.551. The van der Waals surface area contributed by atoms with E-state index in [1.54, 1.807) is 6.20 Å². The molecule has 0 fully saturated rings. The Kier molecular flexibility index (Phi) is 2.23. The van der Waals surface area contributed by atoms with E-state index in [-0.39, 0.29) is 0 Å². The second-order valence-electron chi connectivity index (χ2n) is 4.78. The molecule has 0 atom stereocenters. The molecule has 0 aliphatic rings. The number of nitrogens with zero attached hydrogens (tertiary/aromatic N) is 2. The molecule has 4 nitrogen and oxygen atoms in total. The van der Waals surface area contributed by atoms with Crippen molar-refractivity contribution in [3.63, 3.8) is 0 Å². The third kappa shape index (κ3) is 1.55. The molecule has 2 aromatic carbocycles. The zero-order chi connectivity index (χ0) is 13.5. The summed E-state index contributed by atoms with van der Waals surface area (Å²) in [5.74, 6) is 0.505. The fraction of sp³-hybridized carbons (Fsp3) is 0. The third-order valence-corrected chi connectivity index (χ3v) is 3.56. The number of fused-ring (bicyclic) bond motifs is 2. The Labute approximate surface area is 115 Å². The molecule has 2 aromatic heterocycles. The minimum absolute atomic E-state index is 0.505. The second-order valence-corrected chi connectivity index (χ2v) is 4.78. The number of hydrogen-bond acceptors (Lipinski definition) is 3. The lowest BCUT2D eigenvalue weighted by atomic mass is 10.0. The minimum atomic E-state index is 0.505. The van der Waals surface area contributed by atoms with Crippen molar-refractivity contribution in [2.24, 2.45) is 0 Å². The van der Waals surface area contributed by atoms with Gasteiger partial charge < -0.3 is 5.73 Å². The number of anilines is 1. The molecule has 96 valence electrons. The second kappa shape index (κ2) is 4.06. The maximum absolute atomic E-state index is 5.96. The summed E-state index contributed by atoms with van der Waals surface area (Å²) in [6.07, 6.45) is 3.57. The SMILES string of the molecule is Nc1n[nH]c2cncc(-c3ccc4ccccc4c3)c12. The van der Waals surface area contributed by atoms with E-state index in [9.17, 15) is 0 Å². The first-order chi connectivity index (χ1) is 9.83. The molecule has 0 saturated carbocycles. The van der Waals surface area contributed by atoms with Crippen molar-refractivity contribution < 1.29 is 0 Å². The van der Waals surface area contributed by atoms with Gasteiger partial charge in [0.05, 0.1) is 17.1 Å². The van der Waals surface area contributed by atoms with Crippen molar-refractivity contribution in [3.8, 4) is 11.1 Å². The molecule has 0 aliphatic heterocycles. The Morgan fingerprint density at radius 1 is 0.950 bits per heavy atom. The molecule has 4 aromatic rings. The van der Waals surface area contributed by atoms with Crippen molar-refractivity contribution in [2.75, 3.05) is 5.73 Å². The van der Waals surface area contributed by atoms with Crippen molar-refractivity contribution in [3.05, 3.63) is 54.9 Å². The summed E-state index contributed by atoms with van der Waals surface area (Å²) < 4.78 is 0. The standard InChI is InChI=1S/C16H12N4/c17-16-15-13(8-18-9-14(15)19-20-16)12-6-5-10-3-1-2-4-11(10)7-12/h1-9H,(H3,17,19,20). The molecule has 2 heterocycles. The van der Waals surface area contributed by atoms with Gasteiger partial charge in [0.1, 0.15) is 0 Å². The van der Waals surface area contributed by atoms with Gasteiger partial charge in [-0.15, -0.1) is 0 Å². The predicted octanol–water partition coefficient (Wildman–Crippen LogP) is 3.36. The van der Waals surface area contributed by atoms with Crippen LogP contribution in [-0.4, -0.2) is 15.2 Å². The van der Waals surface area contributed by atoms with E-state index < -0.39 is 0 Å². The van der Waals surface area contributed by atoms with Crippen molar-refractivity contribution in [2.45, 2.75) is 0 Å². The first-order valence-corrected chi connectivity index (χ1v) is 6.40. The average molecular weight is 260 g/mol. The molecule has 20 heavy (non-hydrogen) atoms. The van der Waals surface area contributed by atoms with E-state index in [0.717, 1.165) is 22.0 Å². The summed E-state index contributed by atoms with van der Waals surface area (Å²) in [4.78, 5) is 4.26. The first kappa shape index (κ1) is 11.0. The summed E-state index contributed by atoms with van der Waals surface area (Å²) in [5.41, 5.74) is 8.90. The van der Waals surface area contributed by atoms with Gasteiger partial charge in [0, 0.05) is 11.8 Å². The molecular formula is C16H12N4. The highest BCUT2D eigenvalue weighted by molar-refractivity contribution is 6.02. The Morgan fingerprint density at radius 2 is 1.80 bits per heavy atom. The van der Waals surface area contributed by atoms with Gasteiger partial charge in [0.2, 0.25) is 0 Å². The molecule has 4 heteroatoms. The van der Waals surface area contributed by atoms with Crippen LogP contribution in [0.5, 0.6) is 0 Å². The van der Waals surface area contributed by atoms with E-state index in [2.05, 4.69) is 45.5 Å². The Balaban J connectivity index is 2.03. The monoisotopic (exact) mass is 260 g/mol. The van der Waals surface area contributed by atoms with Crippen LogP contribution in [0.25, 0.3) is 32.8 Å². The average Bonchev–Trinajstić information content (AvgIpc) is 2.88. The van der Waals surface area contributed by atoms with Crippen molar-refractivity contribution in [1.82, 2.24) is 15.2 Å². The summed E-state index contributed by atoms with van der Waals surface area (Å²) in [6, 6.07) is 14.6. The number of nitrogens with one attached hydrogen (secondary N) is 1. The molecule has 0 radical (unpaired) electrons. The Hall–Kier alpha value is -2.88. The van der Waals surface area contributed by atoms with Crippen LogP contribution in [0.2, 0.25) is 0 Å². The van der Waals surface area contributed by atoms with E-state index in [4.69, 9.17) is 5.73 Å². The van der Waals surface area contributed by atoms with Crippen LogP contribution in [0.3, 0.4) is 0 Å². The van der Waals surface area contributed by atoms with E-state index in [1.807, 2.05) is 18.3 Å². The maximum Gasteiger partial charge on any atom is 0.153 e. The lowest BCUT2D eigenvalue weighted by Gasteiger charge is -2.05. The van der Waals surface area contributed by atoms with Crippen LogP contribution in [0.15, 0.2) is 54.9 Å². The van der Waals surface area contributed by atoms with Crippen LogP contribution in [0.1, 0.15) is 0 Å². The Morgan fingerprint density at radius 3 is 2.70 bits per heavy atom. The van der Waals surface area contributed by atoms with Gasteiger partial charge in [-0.2, -0.15) is 5.10 Å². The fourth-order valence-corrected chi connectivity index (χ4v) is 2.57. The topological polar surface area (TPSA) is 67.6 Å². The van der Waals surface area contributed by atoms with E-state index in [0.29, 0.717) is 5.82 Å². The summed E-state index contributed by atoms with van der Waals surface area (Å²) in [6.45, 7) is 0. The van der Waals surface area contributed by atoms with Crippen LogP contribution < -0.4 is 5.73 Å². The van der Waals surface area contributed by atoms with Gasteiger partial charge in [0.25, 0.3) is 0 Å². The number of nitrogen functional groups attached to an aromatic ring is 1. The van der Waals surface area contributed by atoms with Gasteiger partial charge in [-0.25, -0.2) is 0 Å². The Bertz CT molecular complexity index is 924. The zero-order valence-corrected chi connectivity index (χ0v) is 10.7. The normalized spacial score (nSPS) is 11.2. The highest BCUT2D eigenvalue weighted by atomic mass is 15.2. The molecule has 0 bridgehead atoms. The van der Waals surface area contributed by atoms with Crippen molar-refractivity contribution >= 4 is 27.5 Å². The van der Waals surface area contributed by atoms with Gasteiger partial charge in [-0.05, 0) is 22.4 Å². The number of aromatic nitrogens is 3. The van der Waals surface area contributed by atoms with E-state index in [1.165, 1.54) is 10.8 Å².